The molecule has 3 N–H and O–H groups in total. The normalized spacial score (nSPS) is 12.7. The molecule has 7 heteroatoms. The van der Waals surface area contributed by atoms with Crippen LogP contribution in [0.2, 0.25) is 0 Å². The summed E-state index contributed by atoms with van der Waals surface area (Å²) >= 11 is 0. The maximum absolute atomic E-state index is 13.1. The van der Waals surface area contributed by atoms with Gasteiger partial charge in [-0.05, 0) is 43.5 Å². The van der Waals surface area contributed by atoms with E-state index in [1.54, 1.807) is 0 Å². The number of aliphatic carboxylic acids is 1. The number of benzene rings is 2. The molecule has 6 nitrogen and oxygen atoms in total. The Morgan fingerprint density at radius 2 is 1.61 bits per heavy atom. The molecular weight excluding hydrogens is 363 g/mol. The van der Waals surface area contributed by atoms with Crippen molar-refractivity contribution in [1.29, 1.82) is 0 Å². The van der Waals surface area contributed by atoms with Crippen molar-refractivity contribution in [2.45, 2.75) is 32.2 Å². The Labute approximate surface area is 162 Å². The van der Waals surface area contributed by atoms with Gasteiger partial charge >= 0.3 is 5.97 Å². The standard InChI is InChI=1S/C21H23FN2O4/c1-14-3-5-15(6-4-14)7-12-18(25)23-13-19(26)24-21(2,20(27)28)16-8-10-17(22)11-9-16/h3-6,8-11H,7,12-13H2,1-2H3,(H,23,25)(H,24,26)(H,27,28). The number of carboxylic acid groups (broad SMARTS) is 1. The highest BCUT2D eigenvalue weighted by molar-refractivity contribution is 5.90. The second-order valence-electron chi connectivity index (χ2n) is 6.75. The third-order valence-corrected chi connectivity index (χ3v) is 4.45. The van der Waals surface area contributed by atoms with Crippen molar-refractivity contribution in [3.05, 3.63) is 71.0 Å². The number of aryl methyl sites for hydroxylation is 2. The monoisotopic (exact) mass is 386 g/mol. The number of amides is 2. The van der Waals surface area contributed by atoms with Crippen molar-refractivity contribution >= 4 is 17.8 Å². The zero-order chi connectivity index (χ0) is 20.7. The lowest BCUT2D eigenvalue weighted by Gasteiger charge is -2.27. The first-order chi connectivity index (χ1) is 13.2. The summed E-state index contributed by atoms with van der Waals surface area (Å²) in [5.74, 6) is -2.77. The van der Waals surface area contributed by atoms with E-state index in [1.165, 1.54) is 19.1 Å². The van der Waals surface area contributed by atoms with Crippen molar-refractivity contribution in [3.63, 3.8) is 0 Å². The molecule has 2 aromatic rings. The van der Waals surface area contributed by atoms with E-state index < -0.39 is 23.2 Å². The maximum Gasteiger partial charge on any atom is 0.333 e. The number of halogens is 1. The molecule has 0 saturated carbocycles. The van der Waals surface area contributed by atoms with Crippen LogP contribution in [0.5, 0.6) is 0 Å². The van der Waals surface area contributed by atoms with Gasteiger partial charge in [0.2, 0.25) is 11.8 Å². The summed E-state index contributed by atoms with van der Waals surface area (Å²) in [6.07, 6.45) is 0.751. The third-order valence-electron chi connectivity index (χ3n) is 4.45. The summed E-state index contributed by atoms with van der Waals surface area (Å²) in [5.41, 5.74) is 0.630. The van der Waals surface area contributed by atoms with Crippen molar-refractivity contribution < 1.29 is 23.9 Å². The minimum absolute atomic E-state index is 0.213. The fourth-order valence-electron chi connectivity index (χ4n) is 2.64. The van der Waals surface area contributed by atoms with Crippen LogP contribution in [0.3, 0.4) is 0 Å². The summed E-state index contributed by atoms with van der Waals surface area (Å²) in [6, 6.07) is 12.6. The van der Waals surface area contributed by atoms with Crippen molar-refractivity contribution in [2.75, 3.05) is 6.54 Å². The molecule has 2 amide bonds. The first kappa shape index (κ1) is 21.1. The van der Waals surface area contributed by atoms with Gasteiger partial charge in [0, 0.05) is 6.42 Å². The molecule has 148 valence electrons. The predicted octanol–water partition coefficient (Wildman–Crippen LogP) is 2.30. The number of carbonyl (C=O) groups is 3. The Morgan fingerprint density at radius 1 is 1.00 bits per heavy atom. The zero-order valence-corrected chi connectivity index (χ0v) is 15.8. The molecule has 0 aliphatic heterocycles. The van der Waals surface area contributed by atoms with Crippen LogP contribution in [0, 0.1) is 12.7 Å². The molecule has 0 saturated heterocycles. The van der Waals surface area contributed by atoms with E-state index in [4.69, 9.17) is 0 Å². The highest BCUT2D eigenvalue weighted by atomic mass is 19.1. The molecule has 0 radical (unpaired) electrons. The van der Waals surface area contributed by atoms with Crippen LogP contribution in [-0.4, -0.2) is 29.4 Å². The summed E-state index contributed by atoms with van der Waals surface area (Å²) in [4.78, 5) is 35.8. The van der Waals surface area contributed by atoms with Crippen LogP contribution < -0.4 is 10.6 Å². The lowest BCUT2D eigenvalue weighted by atomic mass is 9.92. The van der Waals surface area contributed by atoms with Crippen LogP contribution in [0.15, 0.2) is 48.5 Å². The largest absolute Gasteiger partial charge is 0.479 e. The van der Waals surface area contributed by atoms with Gasteiger partial charge in [-0.1, -0.05) is 42.0 Å². The van der Waals surface area contributed by atoms with E-state index in [0.717, 1.165) is 23.3 Å². The zero-order valence-electron chi connectivity index (χ0n) is 15.8. The molecule has 0 aliphatic carbocycles. The summed E-state index contributed by atoms with van der Waals surface area (Å²) < 4.78 is 13.1. The van der Waals surface area contributed by atoms with Gasteiger partial charge in [0.1, 0.15) is 5.82 Å². The second-order valence-corrected chi connectivity index (χ2v) is 6.75. The molecule has 2 rings (SSSR count). The highest BCUT2D eigenvalue weighted by Crippen LogP contribution is 2.21. The number of carboxylic acids is 1. The van der Waals surface area contributed by atoms with E-state index in [2.05, 4.69) is 10.6 Å². The van der Waals surface area contributed by atoms with Crippen LogP contribution in [0.1, 0.15) is 30.0 Å². The van der Waals surface area contributed by atoms with Gasteiger partial charge in [0.15, 0.2) is 5.54 Å². The van der Waals surface area contributed by atoms with Crippen LogP contribution in [-0.2, 0) is 26.3 Å². The van der Waals surface area contributed by atoms with Gasteiger partial charge < -0.3 is 15.7 Å². The predicted molar refractivity (Wildman–Crippen MR) is 102 cm³/mol. The summed E-state index contributed by atoms with van der Waals surface area (Å²) in [7, 11) is 0. The second kappa shape index (κ2) is 9.12. The average Bonchev–Trinajstić information content (AvgIpc) is 2.66. The average molecular weight is 386 g/mol. The Hall–Kier alpha value is -3.22. The van der Waals surface area contributed by atoms with Crippen molar-refractivity contribution in [1.82, 2.24) is 10.6 Å². The van der Waals surface area contributed by atoms with Crippen LogP contribution >= 0.6 is 0 Å². The smallest absolute Gasteiger partial charge is 0.333 e. The molecule has 1 unspecified atom stereocenters. The lowest BCUT2D eigenvalue weighted by molar-refractivity contribution is -0.147. The van der Waals surface area contributed by atoms with E-state index in [0.29, 0.717) is 6.42 Å². The Bertz CT molecular complexity index is 850. The van der Waals surface area contributed by atoms with Gasteiger partial charge in [-0.3, -0.25) is 9.59 Å². The van der Waals surface area contributed by atoms with Gasteiger partial charge in [-0.25, -0.2) is 9.18 Å². The number of hydrogen-bond donors (Lipinski definition) is 3. The maximum atomic E-state index is 13.1. The molecule has 0 fully saturated rings. The van der Waals surface area contributed by atoms with E-state index in [1.807, 2.05) is 31.2 Å². The molecule has 0 aliphatic rings. The van der Waals surface area contributed by atoms with Gasteiger partial charge in [-0.15, -0.1) is 0 Å². The molecule has 0 aromatic heterocycles. The number of hydrogen-bond acceptors (Lipinski definition) is 3. The molecular formula is C21H23FN2O4. The number of rotatable bonds is 8. The van der Waals surface area contributed by atoms with Gasteiger partial charge in [0.05, 0.1) is 6.54 Å². The van der Waals surface area contributed by atoms with E-state index in [9.17, 15) is 23.9 Å². The molecule has 0 spiro atoms. The minimum Gasteiger partial charge on any atom is -0.479 e. The fraction of sp³-hybridized carbons (Fsp3) is 0.286. The molecule has 0 bridgehead atoms. The van der Waals surface area contributed by atoms with E-state index in [-0.39, 0.29) is 24.4 Å². The molecule has 28 heavy (non-hydrogen) atoms. The minimum atomic E-state index is -1.74. The third kappa shape index (κ3) is 5.64. The Kier molecular flexibility index (Phi) is 6.87. The summed E-state index contributed by atoms with van der Waals surface area (Å²) in [5, 5.41) is 14.4. The topological polar surface area (TPSA) is 95.5 Å². The number of carbonyl (C=O) groups excluding carboxylic acids is 2. The van der Waals surface area contributed by atoms with Crippen molar-refractivity contribution in [3.8, 4) is 0 Å². The Morgan fingerprint density at radius 3 is 2.18 bits per heavy atom. The van der Waals surface area contributed by atoms with Gasteiger partial charge in [-0.2, -0.15) is 0 Å². The summed E-state index contributed by atoms with van der Waals surface area (Å²) in [6.45, 7) is 2.93. The first-order valence-electron chi connectivity index (χ1n) is 8.83. The molecule has 1 atom stereocenters. The quantitative estimate of drug-likeness (QED) is 0.649. The molecule has 0 heterocycles. The highest BCUT2D eigenvalue weighted by Gasteiger charge is 2.36. The Balaban J connectivity index is 1.88. The number of nitrogens with one attached hydrogen (secondary N) is 2. The van der Waals surface area contributed by atoms with Gasteiger partial charge in [0.25, 0.3) is 0 Å². The fourth-order valence-corrected chi connectivity index (χ4v) is 2.64. The lowest BCUT2D eigenvalue weighted by Crippen LogP contribution is -2.52. The first-order valence-corrected chi connectivity index (χ1v) is 8.83. The van der Waals surface area contributed by atoms with E-state index >= 15 is 0 Å². The van der Waals surface area contributed by atoms with Crippen LogP contribution in [0.25, 0.3) is 0 Å². The SMILES string of the molecule is Cc1ccc(CCC(=O)NCC(=O)NC(C)(C(=O)O)c2ccc(F)cc2)cc1. The van der Waals surface area contributed by atoms with Crippen LogP contribution in [0.4, 0.5) is 4.39 Å². The van der Waals surface area contributed by atoms with Crippen molar-refractivity contribution in [2.24, 2.45) is 0 Å². The molecule has 2 aromatic carbocycles.